The van der Waals surface area contributed by atoms with E-state index in [1.807, 2.05) is 0 Å². The first kappa shape index (κ1) is 24.5. The molecule has 3 heterocycles. The Morgan fingerprint density at radius 3 is 2.43 bits per heavy atom. The van der Waals surface area contributed by atoms with Crippen LogP contribution in [0.25, 0.3) is 16.8 Å². The molecule has 0 atom stereocenters. The van der Waals surface area contributed by atoms with Crippen molar-refractivity contribution in [3.05, 3.63) is 77.5 Å². The summed E-state index contributed by atoms with van der Waals surface area (Å²) >= 11 is 6.08. The molecule has 3 N–H and O–H groups in total. The van der Waals surface area contributed by atoms with Crippen molar-refractivity contribution >= 4 is 50.4 Å². The minimum Gasteiger partial charge on any atom is -0.397 e. The number of nitrogens with two attached hydrogens (primary N) is 1. The molecule has 1 aliphatic rings. The van der Waals surface area contributed by atoms with Crippen LogP contribution in [-0.4, -0.2) is 47.6 Å². The van der Waals surface area contributed by atoms with Crippen molar-refractivity contribution in [2.24, 2.45) is 0 Å². The Morgan fingerprint density at radius 2 is 1.76 bits per heavy atom. The number of nitrogen functional groups attached to an aromatic ring is 1. The Balaban J connectivity index is 1.57. The fourth-order valence-corrected chi connectivity index (χ4v) is 5.22. The number of amides is 2. The minimum atomic E-state index is -3.51. The second kappa shape index (κ2) is 9.02. The van der Waals surface area contributed by atoms with Crippen molar-refractivity contribution in [2.75, 3.05) is 28.8 Å². The average molecular weight is 537 g/mol. The lowest BCUT2D eigenvalue weighted by Crippen LogP contribution is -2.36. The third kappa shape index (κ3) is 4.43. The highest BCUT2D eigenvalue weighted by Gasteiger charge is 2.33. The van der Waals surface area contributed by atoms with Gasteiger partial charge in [-0.1, -0.05) is 23.7 Å². The number of hydrogen-bond acceptors (Lipinski definition) is 7. The first-order chi connectivity index (χ1) is 17.5. The van der Waals surface area contributed by atoms with Crippen molar-refractivity contribution in [1.82, 2.24) is 14.5 Å². The predicted molar refractivity (Wildman–Crippen MR) is 141 cm³/mol. The molecular weight excluding hydrogens is 516 g/mol. The maximum atomic E-state index is 13.8. The zero-order valence-electron chi connectivity index (χ0n) is 19.8. The fraction of sp³-hybridized carbons (Fsp3) is 0.120. The van der Waals surface area contributed by atoms with Crippen molar-refractivity contribution in [1.29, 1.82) is 0 Å². The number of rotatable bonds is 4. The van der Waals surface area contributed by atoms with Gasteiger partial charge in [0.2, 0.25) is 5.91 Å². The van der Waals surface area contributed by atoms with Gasteiger partial charge in [-0.25, -0.2) is 13.4 Å². The molecule has 0 saturated carbocycles. The highest BCUT2D eigenvalue weighted by molar-refractivity contribution is 7.90. The van der Waals surface area contributed by atoms with E-state index in [1.165, 1.54) is 17.3 Å². The summed E-state index contributed by atoms with van der Waals surface area (Å²) in [5, 5.41) is 3.08. The molecule has 0 fully saturated rings. The van der Waals surface area contributed by atoms with E-state index in [-0.39, 0.29) is 23.0 Å². The minimum absolute atomic E-state index is 0.0965. The number of nitrogens with zero attached hydrogens (tertiary/aromatic N) is 4. The summed E-state index contributed by atoms with van der Waals surface area (Å²) in [5.74, 6) is -0.237. The lowest BCUT2D eigenvalue weighted by Gasteiger charge is -2.21. The van der Waals surface area contributed by atoms with Gasteiger partial charge in [-0.05, 0) is 48.9 Å². The van der Waals surface area contributed by atoms with Crippen molar-refractivity contribution in [2.45, 2.75) is 11.8 Å². The zero-order chi connectivity index (χ0) is 26.5. The number of aryl methyl sites for hydroxylation is 1. The number of sulfone groups is 1. The van der Waals surface area contributed by atoms with E-state index in [0.29, 0.717) is 39.0 Å². The summed E-state index contributed by atoms with van der Waals surface area (Å²) in [4.78, 5) is 36.3. The predicted octanol–water partition coefficient (Wildman–Crippen LogP) is 3.48. The number of hydrogen-bond donors (Lipinski definition) is 2. The topological polar surface area (TPSA) is 140 Å². The number of carbonyl (C=O) groups is 2. The number of benzene rings is 2. The lowest BCUT2D eigenvalue weighted by atomic mass is 10.1. The van der Waals surface area contributed by atoms with Gasteiger partial charge in [-0.2, -0.15) is 0 Å². The summed E-state index contributed by atoms with van der Waals surface area (Å²) < 4.78 is 26.0. The van der Waals surface area contributed by atoms with Gasteiger partial charge in [0.15, 0.2) is 21.3 Å². The largest absolute Gasteiger partial charge is 0.397 e. The molecule has 0 spiro atoms. The molecule has 0 radical (unpaired) electrons. The number of anilines is 3. The van der Waals surface area contributed by atoms with E-state index in [0.717, 1.165) is 6.26 Å². The van der Waals surface area contributed by atoms with Gasteiger partial charge in [0.05, 0.1) is 15.6 Å². The third-order valence-electron chi connectivity index (χ3n) is 5.96. The smallest absolute Gasteiger partial charge is 0.279 e. The molecule has 0 saturated heterocycles. The maximum absolute atomic E-state index is 13.8. The van der Waals surface area contributed by atoms with E-state index >= 15 is 0 Å². The molecule has 10 nitrogen and oxygen atoms in total. The van der Waals surface area contributed by atoms with E-state index in [9.17, 15) is 18.0 Å². The van der Waals surface area contributed by atoms with Crippen molar-refractivity contribution in [3.8, 4) is 16.8 Å². The molecule has 2 aromatic heterocycles. The Bertz CT molecular complexity index is 1680. The van der Waals surface area contributed by atoms with E-state index in [1.54, 1.807) is 60.0 Å². The van der Waals surface area contributed by atoms with Crippen LogP contribution in [0.1, 0.15) is 16.3 Å². The first-order valence-electron chi connectivity index (χ1n) is 11.1. The molecule has 188 valence electrons. The summed E-state index contributed by atoms with van der Waals surface area (Å²) in [5.41, 5.74) is 8.62. The molecule has 0 bridgehead atoms. The second-order valence-electron chi connectivity index (χ2n) is 8.53. The van der Waals surface area contributed by atoms with Gasteiger partial charge in [-0.15, -0.1) is 0 Å². The molecule has 5 rings (SSSR count). The number of halogens is 1. The number of fused-ring (bicyclic) bond motifs is 1. The normalized spacial score (nSPS) is 13.8. The van der Waals surface area contributed by atoms with Crippen molar-refractivity contribution < 1.29 is 18.0 Å². The van der Waals surface area contributed by atoms with Crippen LogP contribution in [0.15, 0.2) is 65.8 Å². The van der Waals surface area contributed by atoms with Crippen LogP contribution < -0.4 is 16.0 Å². The second-order valence-corrected chi connectivity index (χ2v) is 10.9. The van der Waals surface area contributed by atoms with Crippen LogP contribution in [-0.2, 0) is 14.6 Å². The summed E-state index contributed by atoms with van der Waals surface area (Å²) in [6, 6.07) is 13.3. The maximum Gasteiger partial charge on any atom is 0.279 e. The molecule has 1 aliphatic heterocycles. The number of aromatic nitrogens is 3. The third-order valence-corrected chi connectivity index (χ3v) is 7.43. The highest BCUT2D eigenvalue weighted by atomic mass is 35.5. The van der Waals surface area contributed by atoms with Crippen LogP contribution in [0.2, 0.25) is 5.02 Å². The van der Waals surface area contributed by atoms with Crippen LogP contribution in [0, 0.1) is 6.92 Å². The van der Waals surface area contributed by atoms with Gasteiger partial charge in [0, 0.05) is 35.6 Å². The fourth-order valence-electron chi connectivity index (χ4n) is 4.26. The average Bonchev–Trinajstić information content (AvgIpc) is 3.12. The number of imidazole rings is 1. The molecule has 4 aromatic rings. The Kier molecular flexibility index (Phi) is 5.97. The number of pyridine rings is 1. The van der Waals surface area contributed by atoms with Gasteiger partial charge in [0.1, 0.15) is 12.4 Å². The van der Waals surface area contributed by atoms with E-state index < -0.39 is 21.7 Å². The number of nitrogens with one attached hydrogen (secondary N) is 1. The molecule has 2 amide bonds. The van der Waals surface area contributed by atoms with Gasteiger partial charge in [-0.3, -0.25) is 24.0 Å². The monoisotopic (exact) mass is 536 g/mol. The van der Waals surface area contributed by atoms with Crippen molar-refractivity contribution in [3.63, 3.8) is 0 Å². The SMILES string of the molecule is Cc1nc2c(n1-c1ccc(Cl)c(N)c1)C(=O)N(c1ccc(-c3ccncc3S(C)(=O)=O)cc1)CC(=O)N2. The van der Waals surface area contributed by atoms with Gasteiger partial charge < -0.3 is 11.1 Å². The van der Waals surface area contributed by atoms with Crippen LogP contribution in [0.3, 0.4) is 0 Å². The quantitative estimate of drug-likeness (QED) is 0.380. The standard InChI is InChI=1S/C25H21ClN6O4S/c1-14-29-24-23(32(14)17-7-8-19(26)20(27)11-17)25(34)31(13-22(33)30-24)16-5-3-15(4-6-16)18-9-10-28-12-21(18)37(2,35)36/h3-12H,13,27H2,1-2H3,(H,30,33). The van der Waals surface area contributed by atoms with Crippen LogP contribution in [0.5, 0.6) is 0 Å². The van der Waals surface area contributed by atoms with Crippen LogP contribution >= 0.6 is 11.6 Å². The first-order valence-corrected chi connectivity index (χ1v) is 13.3. The highest BCUT2D eigenvalue weighted by Crippen LogP contribution is 2.32. The summed E-state index contributed by atoms with van der Waals surface area (Å²) in [6.45, 7) is 1.48. The van der Waals surface area contributed by atoms with Gasteiger partial charge in [0.25, 0.3) is 5.91 Å². The van der Waals surface area contributed by atoms with Crippen LogP contribution in [0.4, 0.5) is 17.2 Å². The Hall–Kier alpha value is -4.22. The Morgan fingerprint density at radius 1 is 1.05 bits per heavy atom. The zero-order valence-corrected chi connectivity index (χ0v) is 21.3. The molecule has 0 unspecified atom stereocenters. The summed E-state index contributed by atoms with van der Waals surface area (Å²) in [7, 11) is -3.51. The lowest BCUT2D eigenvalue weighted by molar-refractivity contribution is -0.114. The van der Waals surface area contributed by atoms with E-state index in [2.05, 4.69) is 15.3 Å². The summed E-state index contributed by atoms with van der Waals surface area (Å²) in [6.07, 6.45) is 3.93. The molecular formula is C25H21ClN6O4S. The van der Waals surface area contributed by atoms with E-state index in [4.69, 9.17) is 17.3 Å². The molecule has 37 heavy (non-hydrogen) atoms. The molecule has 12 heteroatoms. The Labute approximate surface area is 217 Å². The van der Waals surface area contributed by atoms with Gasteiger partial charge >= 0.3 is 0 Å². The molecule has 2 aromatic carbocycles. The molecule has 0 aliphatic carbocycles. The number of carbonyl (C=O) groups excluding carboxylic acids is 2.